The van der Waals surface area contributed by atoms with Gasteiger partial charge in [-0.3, -0.25) is 10.1 Å². The second-order valence-electron chi connectivity index (χ2n) is 8.42. The first-order chi connectivity index (χ1) is 16.0. The highest BCUT2D eigenvalue weighted by Gasteiger charge is 2.31. The Balaban J connectivity index is 1.62. The zero-order valence-corrected chi connectivity index (χ0v) is 18.2. The first-order valence-electron chi connectivity index (χ1n) is 10.8. The van der Waals surface area contributed by atoms with Gasteiger partial charge in [-0.2, -0.15) is 0 Å². The van der Waals surface area contributed by atoms with E-state index >= 15 is 0 Å². The van der Waals surface area contributed by atoms with Crippen molar-refractivity contribution in [3.05, 3.63) is 100 Å². The third-order valence-corrected chi connectivity index (χ3v) is 6.41. The number of anilines is 2. The first kappa shape index (κ1) is 19.3. The van der Waals surface area contributed by atoms with Gasteiger partial charge in [0.1, 0.15) is 5.76 Å². The topological polar surface area (TPSA) is 68.3 Å². The molecule has 0 fully saturated rings. The molecule has 0 bridgehead atoms. The number of hydrogen-bond acceptors (Lipinski definition) is 4. The lowest BCUT2D eigenvalue weighted by Crippen LogP contribution is -1.97. The number of fused-ring (bicyclic) bond motifs is 3. The Hall–Kier alpha value is -4.38. The van der Waals surface area contributed by atoms with Crippen molar-refractivity contribution in [1.29, 1.82) is 0 Å². The highest BCUT2D eigenvalue weighted by atomic mass is 16.6. The van der Waals surface area contributed by atoms with E-state index in [9.17, 15) is 10.1 Å². The number of hydrogen-bond donors (Lipinski definition) is 1. The molecule has 0 saturated heterocycles. The number of nitrogens with zero attached hydrogens (tertiary/aromatic N) is 1. The quantitative estimate of drug-likeness (QED) is 0.226. The summed E-state index contributed by atoms with van der Waals surface area (Å²) in [5.74, 6) is 1.46. The SMILES string of the molecule is Cc1cccc(C)c1Nc1oc2c(c1-c1ccc([N+](=O)[O-])cc1)-c1cccc3cccc-2c13. The van der Waals surface area contributed by atoms with Gasteiger partial charge in [0.05, 0.1) is 10.5 Å². The van der Waals surface area contributed by atoms with Crippen molar-refractivity contribution < 1.29 is 9.34 Å². The van der Waals surface area contributed by atoms with Gasteiger partial charge in [0.2, 0.25) is 5.88 Å². The monoisotopic (exact) mass is 432 g/mol. The number of rotatable bonds is 4. The molecule has 0 spiro atoms. The van der Waals surface area contributed by atoms with Crippen LogP contribution in [0.25, 0.3) is 44.3 Å². The number of furan rings is 1. The Morgan fingerprint density at radius 2 is 1.42 bits per heavy atom. The van der Waals surface area contributed by atoms with E-state index in [1.807, 2.05) is 12.1 Å². The summed E-state index contributed by atoms with van der Waals surface area (Å²) in [6.07, 6.45) is 0. The molecular formula is C28H20N2O3. The number of nitro groups is 1. The molecule has 0 aliphatic heterocycles. The first-order valence-corrected chi connectivity index (χ1v) is 10.8. The maximum Gasteiger partial charge on any atom is 0.269 e. The molecule has 0 radical (unpaired) electrons. The summed E-state index contributed by atoms with van der Waals surface area (Å²) < 4.78 is 6.53. The van der Waals surface area contributed by atoms with E-state index < -0.39 is 0 Å². The molecule has 160 valence electrons. The molecule has 6 rings (SSSR count). The fourth-order valence-electron chi connectivity index (χ4n) is 4.85. The number of non-ortho nitro benzene ring substituents is 1. The van der Waals surface area contributed by atoms with Gasteiger partial charge in [0.25, 0.3) is 5.69 Å². The van der Waals surface area contributed by atoms with Gasteiger partial charge in [0, 0.05) is 34.3 Å². The van der Waals surface area contributed by atoms with Crippen LogP contribution in [0.4, 0.5) is 17.3 Å². The smallest absolute Gasteiger partial charge is 0.269 e. The number of nitrogens with one attached hydrogen (secondary N) is 1. The summed E-state index contributed by atoms with van der Waals surface area (Å²) in [6, 6.07) is 25.4. The van der Waals surface area contributed by atoms with Crippen LogP contribution in [0.5, 0.6) is 0 Å². The predicted octanol–water partition coefficient (Wildman–Crippen LogP) is 8.02. The van der Waals surface area contributed by atoms with Crippen molar-refractivity contribution in [3.63, 3.8) is 0 Å². The Bertz CT molecular complexity index is 1550. The Morgan fingerprint density at radius 1 is 0.788 bits per heavy atom. The average molecular weight is 432 g/mol. The zero-order valence-electron chi connectivity index (χ0n) is 18.2. The molecule has 4 aromatic carbocycles. The lowest BCUT2D eigenvalue weighted by atomic mass is 9.97. The van der Waals surface area contributed by atoms with Crippen molar-refractivity contribution in [2.24, 2.45) is 0 Å². The molecular weight excluding hydrogens is 412 g/mol. The summed E-state index contributed by atoms with van der Waals surface area (Å²) in [7, 11) is 0. The molecule has 5 nitrogen and oxygen atoms in total. The second-order valence-corrected chi connectivity index (χ2v) is 8.42. The van der Waals surface area contributed by atoms with E-state index in [1.54, 1.807) is 24.3 Å². The van der Waals surface area contributed by atoms with E-state index in [4.69, 9.17) is 4.42 Å². The van der Waals surface area contributed by atoms with Crippen molar-refractivity contribution in [3.8, 4) is 33.6 Å². The van der Waals surface area contributed by atoms with Gasteiger partial charge >= 0.3 is 0 Å². The van der Waals surface area contributed by atoms with Crippen LogP contribution in [-0.2, 0) is 0 Å². The lowest BCUT2D eigenvalue weighted by Gasteiger charge is -2.13. The standard InChI is InChI=1S/C28H20N2O3/c1-16-6-3-7-17(2)26(16)29-28-24(19-12-14-20(15-13-19)30(31)32)25-21-10-4-8-18-9-5-11-22(23(18)21)27(25)33-28/h3-15,29H,1-2H3. The molecule has 0 saturated carbocycles. The number of benzene rings is 4. The van der Waals surface area contributed by atoms with Crippen molar-refractivity contribution in [2.45, 2.75) is 13.8 Å². The van der Waals surface area contributed by atoms with E-state index in [-0.39, 0.29) is 10.6 Å². The number of nitro benzene ring substituents is 1. The normalized spacial score (nSPS) is 11.6. The fourth-order valence-corrected chi connectivity index (χ4v) is 4.85. The van der Waals surface area contributed by atoms with Gasteiger partial charge in [-0.15, -0.1) is 0 Å². The van der Waals surface area contributed by atoms with Gasteiger partial charge in [-0.1, -0.05) is 54.6 Å². The molecule has 1 N–H and O–H groups in total. The van der Waals surface area contributed by atoms with Crippen LogP contribution >= 0.6 is 0 Å². The maximum atomic E-state index is 11.2. The van der Waals surface area contributed by atoms with E-state index in [1.165, 1.54) is 5.39 Å². The third-order valence-electron chi connectivity index (χ3n) is 6.41. The van der Waals surface area contributed by atoms with Gasteiger partial charge in [-0.25, -0.2) is 0 Å². The Morgan fingerprint density at radius 3 is 2.09 bits per heavy atom. The van der Waals surface area contributed by atoms with Crippen LogP contribution in [0.3, 0.4) is 0 Å². The largest absolute Gasteiger partial charge is 0.439 e. The zero-order chi connectivity index (χ0) is 22.7. The van der Waals surface area contributed by atoms with Crippen LogP contribution in [0.1, 0.15) is 11.1 Å². The number of para-hydroxylation sites is 1. The maximum absolute atomic E-state index is 11.2. The molecule has 0 atom stereocenters. The summed E-state index contributed by atoms with van der Waals surface area (Å²) in [4.78, 5) is 10.8. The molecule has 33 heavy (non-hydrogen) atoms. The summed E-state index contributed by atoms with van der Waals surface area (Å²) >= 11 is 0. The summed E-state index contributed by atoms with van der Waals surface area (Å²) in [5, 5.41) is 17.1. The molecule has 0 amide bonds. The summed E-state index contributed by atoms with van der Waals surface area (Å²) in [5.41, 5.74) is 8.26. The van der Waals surface area contributed by atoms with Crippen molar-refractivity contribution in [1.82, 2.24) is 0 Å². The molecule has 5 heteroatoms. The average Bonchev–Trinajstić information content (AvgIpc) is 3.33. The van der Waals surface area contributed by atoms with Crippen LogP contribution in [0.2, 0.25) is 0 Å². The highest BCUT2D eigenvalue weighted by Crippen LogP contribution is 2.55. The fraction of sp³-hybridized carbons (Fsp3) is 0.0714. The summed E-state index contributed by atoms with van der Waals surface area (Å²) in [6.45, 7) is 4.13. The molecule has 1 aliphatic carbocycles. The van der Waals surface area contributed by atoms with Crippen LogP contribution < -0.4 is 5.32 Å². The minimum absolute atomic E-state index is 0.0635. The molecule has 1 heterocycles. The van der Waals surface area contributed by atoms with Gasteiger partial charge in [-0.05, 0) is 53.6 Å². The van der Waals surface area contributed by atoms with Gasteiger partial charge in [0.15, 0.2) is 0 Å². The van der Waals surface area contributed by atoms with Crippen LogP contribution in [0.15, 0.2) is 83.3 Å². The van der Waals surface area contributed by atoms with Crippen molar-refractivity contribution >= 4 is 28.0 Å². The van der Waals surface area contributed by atoms with E-state index in [0.717, 1.165) is 55.8 Å². The molecule has 5 aromatic rings. The number of aryl methyl sites for hydroxylation is 2. The van der Waals surface area contributed by atoms with Crippen LogP contribution in [-0.4, -0.2) is 4.92 Å². The molecule has 0 unspecified atom stereocenters. The van der Waals surface area contributed by atoms with Crippen LogP contribution in [0, 0.1) is 24.0 Å². The van der Waals surface area contributed by atoms with E-state index in [0.29, 0.717) is 5.88 Å². The minimum Gasteiger partial charge on any atom is -0.439 e. The highest BCUT2D eigenvalue weighted by molar-refractivity contribution is 6.18. The molecule has 1 aliphatic rings. The third kappa shape index (κ3) is 2.86. The Labute approximate surface area is 190 Å². The second kappa shape index (κ2) is 7.07. The predicted molar refractivity (Wildman–Crippen MR) is 132 cm³/mol. The van der Waals surface area contributed by atoms with Crippen molar-refractivity contribution in [2.75, 3.05) is 5.32 Å². The van der Waals surface area contributed by atoms with E-state index in [2.05, 4.69) is 61.6 Å². The lowest BCUT2D eigenvalue weighted by molar-refractivity contribution is -0.384. The van der Waals surface area contributed by atoms with Gasteiger partial charge < -0.3 is 9.73 Å². The molecule has 1 aromatic heterocycles. The minimum atomic E-state index is -0.379. The Kier molecular flexibility index (Phi) is 4.14.